The lowest BCUT2D eigenvalue weighted by Crippen LogP contribution is -2.41. The Kier molecular flexibility index (Phi) is 7.28. The number of aromatic nitrogens is 2. The van der Waals surface area contributed by atoms with E-state index >= 15 is 0 Å². The van der Waals surface area contributed by atoms with Crippen LogP contribution in [0.4, 0.5) is 5.13 Å². The minimum atomic E-state index is -3.46. The number of nitrogens with one attached hydrogen (secondary N) is 1. The molecule has 0 atom stereocenters. The molecule has 1 aliphatic rings. The maximum atomic E-state index is 12.8. The normalized spacial score (nSPS) is 15.3. The Balaban J connectivity index is 1.31. The van der Waals surface area contributed by atoms with Crippen LogP contribution in [-0.2, 0) is 20.6 Å². The van der Waals surface area contributed by atoms with Crippen LogP contribution in [0.3, 0.4) is 0 Å². The van der Waals surface area contributed by atoms with E-state index in [0.29, 0.717) is 46.7 Å². The van der Waals surface area contributed by atoms with E-state index in [1.807, 2.05) is 24.3 Å². The number of piperidine rings is 1. The highest BCUT2D eigenvalue weighted by Gasteiger charge is 2.31. The van der Waals surface area contributed by atoms with E-state index < -0.39 is 10.0 Å². The third-order valence-electron chi connectivity index (χ3n) is 5.47. The van der Waals surface area contributed by atoms with Crippen molar-refractivity contribution >= 4 is 44.0 Å². The molecule has 11 heteroatoms. The van der Waals surface area contributed by atoms with E-state index in [1.165, 1.54) is 15.6 Å². The minimum Gasteiger partial charge on any atom is -0.497 e. The van der Waals surface area contributed by atoms with Crippen LogP contribution in [0.25, 0.3) is 10.6 Å². The number of benzene rings is 2. The topological polar surface area (TPSA) is 101 Å². The van der Waals surface area contributed by atoms with Crippen LogP contribution < -0.4 is 10.1 Å². The molecule has 1 aliphatic heterocycles. The van der Waals surface area contributed by atoms with Gasteiger partial charge >= 0.3 is 0 Å². The maximum absolute atomic E-state index is 12.8. The Morgan fingerprint density at radius 1 is 1.12 bits per heavy atom. The third kappa shape index (κ3) is 5.89. The van der Waals surface area contributed by atoms with Gasteiger partial charge in [0.2, 0.25) is 21.1 Å². The molecule has 0 bridgehead atoms. The van der Waals surface area contributed by atoms with Gasteiger partial charge in [-0.25, -0.2) is 12.7 Å². The zero-order valence-electron chi connectivity index (χ0n) is 17.9. The number of nitrogens with zero attached hydrogens (tertiary/aromatic N) is 3. The van der Waals surface area contributed by atoms with Crippen LogP contribution in [0.5, 0.6) is 5.75 Å². The number of sulfonamides is 1. The summed E-state index contributed by atoms with van der Waals surface area (Å²) in [6.45, 7) is 0.614. The van der Waals surface area contributed by atoms with Crippen molar-refractivity contribution in [3.8, 4) is 16.3 Å². The molecule has 2 aromatic carbocycles. The Bertz CT molecular complexity index is 1210. The molecule has 33 heavy (non-hydrogen) atoms. The highest BCUT2D eigenvalue weighted by Crippen LogP contribution is 2.29. The van der Waals surface area contributed by atoms with Gasteiger partial charge in [-0.15, -0.1) is 10.2 Å². The lowest BCUT2D eigenvalue weighted by atomic mass is 9.97. The van der Waals surface area contributed by atoms with Crippen molar-refractivity contribution < 1.29 is 17.9 Å². The number of ether oxygens (including phenoxy) is 1. The highest BCUT2D eigenvalue weighted by molar-refractivity contribution is 7.88. The van der Waals surface area contributed by atoms with Crippen molar-refractivity contribution in [2.24, 2.45) is 5.92 Å². The van der Waals surface area contributed by atoms with E-state index in [0.717, 1.165) is 11.3 Å². The van der Waals surface area contributed by atoms with Gasteiger partial charge in [0.15, 0.2) is 0 Å². The number of hydrogen-bond acceptors (Lipinski definition) is 7. The Morgan fingerprint density at radius 2 is 1.79 bits per heavy atom. The molecular formula is C22H23ClN4O4S2. The Labute approximate surface area is 201 Å². The molecule has 8 nitrogen and oxygen atoms in total. The predicted octanol–water partition coefficient (Wildman–Crippen LogP) is 4.05. The molecule has 1 saturated heterocycles. The van der Waals surface area contributed by atoms with Crippen molar-refractivity contribution in [2.45, 2.75) is 18.6 Å². The van der Waals surface area contributed by atoms with Crippen LogP contribution in [0, 0.1) is 5.92 Å². The maximum Gasteiger partial charge on any atom is 0.229 e. The summed E-state index contributed by atoms with van der Waals surface area (Å²) in [4.78, 5) is 12.7. The van der Waals surface area contributed by atoms with Gasteiger partial charge in [0.05, 0.1) is 12.9 Å². The SMILES string of the molecule is COc1ccc(-c2nnc(NC(=O)C3CCN(S(=O)(=O)Cc4ccc(Cl)cc4)CC3)s2)cc1. The number of rotatable bonds is 7. The number of anilines is 1. The number of amides is 1. The average Bonchev–Trinajstić information content (AvgIpc) is 3.29. The lowest BCUT2D eigenvalue weighted by Gasteiger charge is -2.30. The fourth-order valence-corrected chi connectivity index (χ4v) is 6.05. The van der Waals surface area contributed by atoms with Gasteiger partial charge in [-0.2, -0.15) is 0 Å². The number of methoxy groups -OCH3 is 1. The zero-order valence-corrected chi connectivity index (χ0v) is 20.3. The molecule has 0 spiro atoms. The van der Waals surface area contributed by atoms with E-state index in [2.05, 4.69) is 15.5 Å². The predicted molar refractivity (Wildman–Crippen MR) is 129 cm³/mol. The summed E-state index contributed by atoms with van der Waals surface area (Å²) >= 11 is 7.16. The van der Waals surface area contributed by atoms with Gasteiger partial charge in [-0.05, 0) is 54.8 Å². The second-order valence-corrected chi connectivity index (χ2v) is 11.1. The second-order valence-electron chi connectivity index (χ2n) is 7.69. The van der Waals surface area contributed by atoms with Crippen molar-refractivity contribution in [3.63, 3.8) is 0 Å². The molecule has 1 aromatic heterocycles. The van der Waals surface area contributed by atoms with Crippen LogP contribution in [0.15, 0.2) is 48.5 Å². The standard InChI is InChI=1S/C22H23ClN4O4S2/c1-31-19-8-4-17(5-9-19)21-25-26-22(32-21)24-20(28)16-10-12-27(13-11-16)33(29,30)14-15-2-6-18(23)7-3-15/h2-9,16H,10-14H2,1H3,(H,24,26,28). The van der Waals surface area contributed by atoms with Crippen LogP contribution >= 0.6 is 22.9 Å². The van der Waals surface area contributed by atoms with Crippen molar-refractivity contribution in [3.05, 3.63) is 59.1 Å². The first kappa shape index (κ1) is 23.6. The summed E-state index contributed by atoms with van der Waals surface area (Å²) in [5.74, 6) is 0.223. The molecule has 0 unspecified atom stereocenters. The molecule has 0 aliphatic carbocycles. The van der Waals surface area contributed by atoms with Gasteiger partial charge in [0.25, 0.3) is 0 Å². The van der Waals surface area contributed by atoms with Crippen LogP contribution in [0.1, 0.15) is 18.4 Å². The fraction of sp³-hybridized carbons (Fsp3) is 0.318. The van der Waals surface area contributed by atoms with Gasteiger partial charge < -0.3 is 10.1 Å². The van der Waals surface area contributed by atoms with E-state index in [4.69, 9.17) is 16.3 Å². The molecule has 4 rings (SSSR count). The molecule has 174 valence electrons. The Hall–Kier alpha value is -2.53. The molecule has 2 heterocycles. The third-order valence-corrected chi connectivity index (χ3v) is 8.46. The van der Waals surface area contributed by atoms with Crippen molar-refractivity contribution in [2.75, 3.05) is 25.5 Å². The lowest BCUT2D eigenvalue weighted by molar-refractivity contribution is -0.120. The van der Waals surface area contributed by atoms with Crippen LogP contribution in [-0.4, -0.2) is 49.0 Å². The van der Waals surface area contributed by atoms with E-state index in [1.54, 1.807) is 31.4 Å². The van der Waals surface area contributed by atoms with E-state index in [9.17, 15) is 13.2 Å². The Morgan fingerprint density at radius 3 is 2.42 bits per heavy atom. The zero-order chi connectivity index (χ0) is 23.4. The molecule has 0 radical (unpaired) electrons. The first-order valence-electron chi connectivity index (χ1n) is 10.3. The van der Waals surface area contributed by atoms with Gasteiger partial charge in [0.1, 0.15) is 10.8 Å². The summed E-state index contributed by atoms with van der Waals surface area (Å²) in [6.07, 6.45) is 0.908. The summed E-state index contributed by atoms with van der Waals surface area (Å²) in [5, 5.41) is 12.7. The molecule has 1 fully saturated rings. The molecule has 0 saturated carbocycles. The number of carbonyl (C=O) groups excluding carboxylic acids is 1. The number of halogens is 1. The fourth-order valence-electron chi connectivity index (χ4n) is 3.61. The van der Waals surface area contributed by atoms with Crippen molar-refractivity contribution in [1.82, 2.24) is 14.5 Å². The summed E-state index contributed by atoms with van der Waals surface area (Å²) in [5.41, 5.74) is 1.57. The van der Waals surface area contributed by atoms with Gasteiger partial charge in [0, 0.05) is 29.6 Å². The van der Waals surface area contributed by atoms with Crippen LogP contribution in [0.2, 0.25) is 5.02 Å². The molecular weight excluding hydrogens is 484 g/mol. The molecule has 1 amide bonds. The summed E-state index contributed by atoms with van der Waals surface area (Å²) < 4.78 is 32.1. The van der Waals surface area contributed by atoms with Gasteiger partial charge in [-0.3, -0.25) is 4.79 Å². The number of hydrogen-bond donors (Lipinski definition) is 1. The molecule has 1 N–H and O–H groups in total. The highest BCUT2D eigenvalue weighted by atomic mass is 35.5. The number of carbonyl (C=O) groups is 1. The second kappa shape index (κ2) is 10.2. The summed E-state index contributed by atoms with van der Waals surface area (Å²) in [6, 6.07) is 14.2. The average molecular weight is 507 g/mol. The summed E-state index contributed by atoms with van der Waals surface area (Å²) in [7, 11) is -1.86. The molecule has 3 aromatic rings. The van der Waals surface area contributed by atoms with Gasteiger partial charge in [-0.1, -0.05) is 35.1 Å². The monoisotopic (exact) mass is 506 g/mol. The largest absolute Gasteiger partial charge is 0.497 e. The smallest absolute Gasteiger partial charge is 0.229 e. The minimum absolute atomic E-state index is 0.0834. The van der Waals surface area contributed by atoms with Crippen molar-refractivity contribution in [1.29, 1.82) is 0 Å². The quantitative estimate of drug-likeness (QED) is 0.518. The van der Waals surface area contributed by atoms with E-state index in [-0.39, 0.29) is 17.6 Å². The first-order chi connectivity index (χ1) is 15.8. The first-order valence-corrected chi connectivity index (χ1v) is 13.2.